The number of ether oxygens (including phenoxy) is 2. The van der Waals surface area contributed by atoms with Gasteiger partial charge in [-0.3, -0.25) is 0 Å². The van der Waals surface area contributed by atoms with Crippen LogP contribution in [-0.4, -0.2) is 6.71 Å². The summed E-state index contributed by atoms with van der Waals surface area (Å²) in [4.78, 5) is 0. The van der Waals surface area contributed by atoms with Crippen LogP contribution in [0.1, 0.15) is 16.7 Å². The first-order chi connectivity index (χ1) is 20.6. The van der Waals surface area contributed by atoms with Crippen molar-refractivity contribution < 1.29 is 9.47 Å². The third-order valence-corrected chi connectivity index (χ3v) is 8.87. The summed E-state index contributed by atoms with van der Waals surface area (Å²) >= 11 is 0. The zero-order valence-electron chi connectivity index (χ0n) is 23.9. The van der Waals surface area contributed by atoms with E-state index in [2.05, 4.69) is 142 Å². The summed E-state index contributed by atoms with van der Waals surface area (Å²) in [6, 6.07) is 43.2. The first kappa shape index (κ1) is 24.8. The average molecular weight is 540 g/mol. The molecule has 3 heteroatoms. The summed E-state index contributed by atoms with van der Waals surface area (Å²) < 4.78 is 13.6. The second-order valence-corrected chi connectivity index (χ2v) is 11.4. The lowest BCUT2D eigenvalue weighted by Crippen LogP contribution is -2.57. The Labute approximate surface area is 247 Å². The van der Waals surface area contributed by atoms with Crippen LogP contribution in [0.5, 0.6) is 23.0 Å². The Morgan fingerprint density at radius 1 is 0.429 bits per heavy atom. The van der Waals surface area contributed by atoms with E-state index in [4.69, 9.17) is 9.47 Å². The normalized spacial score (nSPS) is 12.5. The third kappa shape index (κ3) is 3.81. The van der Waals surface area contributed by atoms with E-state index in [1.807, 2.05) is 0 Å². The van der Waals surface area contributed by atoms with Gasteiger partial charge in [0, 0.05) is 11.0 Å². The molecule has 0 N–H and O–H groups in total. The maximum atomic E-state index is 6.91. The van der Waals surface area contributed by atoms with E-state index in [0.717, 1.165) is 56.1 Å². The number of benzene rings is 6. The Bertz CT molecular complexity index is 2030. The molecule has 2 heterocycles. The molecule has 6 aromatic rings. The topological polar surface area (TPSA) is 18.5 Å². The molecule has 0 saturated heterocycles. The summed E-state index contributed by atoms with van der Waals surface area (Å²) in [5.41, 5.74) is 14.2. The fraction of sp³-hybridized carbons (Fsp3) is 0.0769. The molecule has 0 atom stereocenters. The minimum absolute atomic E-state index is 0.00306. The summed E-state index contributed by atoms with van der Waals surface area (Å²) in [5.74, 6) is 3.54. The monoisotopic (exact) mass is 540 g/mol. The lowest BCUT2D eigenvalue weighted by molar-refractivity contribution is 0.466. The highest BCUT2D eigenvalue weighted by molar-refractivity contribution is 6.98. The van der Waals surface area contributed by atoms with E-state index < -0.39 is 0 Å². The van der Waals surface area contributed by atoms with Gasteiger partial charge in [0.15, 0.2) is 0 Å². The molecule has 0 amide bonds. The van der Waals surface area contributed by atoms with Crippen molar-refractivity contribution in [3.63, 3.8) is 0 Å². The van der Waals surface area contributed by atoms with Gasteiger partial charge in [0.2, 0.25) is 0 Å². The molecular weight excluding hydrogens is 511 g/mol. The van der Waals surface area contributed by atoms with Crippen LogP contribution in [0.2, 0.25) is 0 Å². The number of fused-ring (bicyclic) bond motifs is 4. The van der Waals surface area contributed by atoms with Gasteiger partial charge in [0.1, 0.15) is 23.0 Å². The molecule has 200 valence electrons. The highest BCUT2D eigenvalue weighted by Crippen LogP contribution is 2.43. The standard InChI is InChI=1S/C39H29BO2/c1-24-10-4-7-13-29(24)27-16-19-33-36(22-27)41-35-21-18-32(31-15-9-6-12-26(31)3)39-38(35)40(33)34-20-17-28(23-37(34)42-39)30-14-8-5-11-25(30)2/h4-23H,1-3H3. The van der Waals surface area contributed by atoms with Crippen molar-refractivity contribution in [1.29, 1.82) is 0 Å². The number of aryl methyl sites for hydroxylation is 3. The van der Waals surface area contributed by atoms with Gasteiger partial charge in [-0.15, -0.1) is 0 Å². The minimum Gasteiger partial charge on any atom is -0.458 e. The lowest BCUT2D eigenvalue weighted by Gasteiger charge is -2.34. The molecule has 2 nitrogen and oxygen atoms in total. The first-order valence-electron chi connectivity index (χ1n) is 14.6. The Kier molecular flexibility index (Phi) is 5.62. The first-order valence-corrected chi connectivity index (χ1v) is 14.6. The van der Waals surface area contributed by atoms with Gasteiger partial charge in [-0.2, -0.15) is 0 Å². The molecule has 0 fully saturated rings. The van der Waals surface area contributed by atoms with Crippen LogP contribution < -0.4 is 25.9 Å². The highest BCUT2D eigenvalue weighted by Gasteiger charge is 2.41. The van der Waals surface area contributed by atoms with Crippen LogP contribution in [-0.2, 0) is 0 Å². The minimum atomic E-state index is 0.00306. The van der Waals surface area contributed by atoms with Crippen molar-refractivity contribution >= 4 is 23.1 Å². The molecule has 8 rings (SSSR count). The molecule has 0 aromatic heterocycles. The number of hydrogen-bond acceptors (Lipinski definition) is 2. The van der Waals surface area contributed by atoms with Gasteiger partial charge in [0.25, 0.3) is 6.71 Å². The van der Waals surface area contributed by atoms with Crippen LogP contribution in [0.15, 0.2) is 121 Å². The van der Waals surface area contributed by atoms with Gasteiger partial charge in [0.05, 0.1) is 0 Å². The fourth-order valence-corrected chi connectivity index (χ4v) is 6.70. The lowest BCUT2D eigenvalue weighted by atomic mass is 9.34. The van der Waals surface area contributed by atoms with E-state index >= 15 is 0 Å². The van der Waals surface area contributed by atoms with Crippen molar-refractivity contribution in [1.82, 2.24) is 0 Å². The second kappa shape index (κ2) is 9.53. The van der Waals surface area contributed by atoms with Crippen LogP contribution >= 0.6 is 0 Å². The predicted octanol–water partition coefficient (Wildman–Crippen LogP) is 8.34. The van der Waals surface area contributed by atoms with Gasteiger partial charge < -0.3 is 9.47 Å². The summed E-state index contributed by atoms with van der Waals surface area (Å²) in [6.07, 6.45) is 0. The molecule has 0 saturated carbocycles. The van der Waals surface area contributed by atoms with Crippen LogP contribution in [0.3, 0.4) is 0 Å². The molecule has 0 aliphatic carbocycles. The maximum Gasteiger partial charge on any atom is 0.260 e. The zero-order valence-corrected chi connectivity index (χ0v) is 23.9. The van der Waals surface area contributed by atoms with Gasteiger partial charge >= 0.3 is 0 Å². The number of rotatable bonds is 3. The van der Waals surface area contributed by atoms with Gasteiger partial charge in [-0.05, 0) is 100 Å². The Morgan fingerprint density at radius 2 is 0.929 bits per heavy atom. The summed E-state index contributed by atoms with van der Waals surface area (Å²) in [7, 11) is 0. The van der Waals surface area contributed by atoms with Crippen LogP contribution in [0.4, 0.5) is 0 Å². The molecule has 0 spiro atoms. The smallest absolute Gasteiger partial charge is 0.260 e. The van der Waals surface area contributed by atoms with Crippen molar-refractivity contribution in [2.75, 3.05) is 0 Å². The maximum absolute atomic E-state index is 6.91. The zero-order chi connectivity index (χ0) is 28.4. The van der Waals surface area contributed by atoms with E-state index in [9.17, 15) is 0 Å². The van der Waals surface area contributed by atoms with Crippen molar-refractivity contribution in [3.05, 3.63) is 138 Å². The SMILES string of the molecule is Cc1ccccc1-c1ccc2c(c1)Oc1ccc(-c3ccccc3C)c3c1B2c1ccc(-c2ccccc2C)cc1O3. The third-order valence-electron chi connectivity index (χ3n) is 8.87. The highest BCUT2D eigenvalue weighted by atomic mass is 16.5. The molecule has 6 aromatic carbocycles. The Morgan fingerprint density at radius 3 is 1.48 bits per heavy atom. The van der Waals surface area contributed by atoms with E-state index in [-0.39, 0.29) is 6.71 Å². The predicted molar refractivity (Wildman–Crippen MR) is 175 cm³/mol. The van der Waals surface area contributed by atoms with Crippen LogP contribution in [0, 0.1) is 20.8 Å². The molecule has 0 unspecified atom stereocenters. The Hall–Kier alpha value is -5.02. The van der Waals surface area contributed by atoms with E-state index in [1.54, 1.807) is 0 Å². The molecule has 42 heavy (non-hydrogen) atoms. The molecule has 2 aliphatic rings. The van der Waals surface area contributed by atoms with Crippen molar-refractivity contribution in [2.24, 2.45) is 0 Å². The largest absolute Gasteiger partial charge is 0.458 e. The summed E-state index contributed by atoms with van der Waals surface area (Å²) in [6.45, 7) is 6.48. The Balaban J connectivity index is 1.36. The van der Waals surface area contributed by atoms with Crippen LogP contribution in [0.25, 0.3) is 33.4 Å². The molecule has 2 aliphatic heterocycles. The molecule has 0 bridgehead atoms. The average Bonchev–Trinajstić information content (AvgIpc) is 3.01. The molecular formula is C39H29BO2. The van der Waals surface area contributed by atoms with E-state index in [1.165, 1.54) is 33.4 Å². The summed E-state index contributed by atoms with van der Waals surface area (Å²) in [5, 5.41) is 0. The number of hydrogen-bond donors (Lipinski definition) is 0. The fourth-order valence-electron chi connectivity index (χ4n) is 6.70. The van der Waals surface area contributed by atoms with Gasteiger partial charge in [-0.1, -0.05) is 97.1 Å². The van der Waals surface area contributed by atoms with E-state index in [0.29, 0.717) is 0 Å². The second-order valence-electron chi connectivity index (χ2n) is 11.4. The van der Waals surface area contributed by atoms with Crippen molar-refractivity contribution in [3.8, 4) is 56.4 Å². The van der Waals surface area contributed by atoms with Crippen molar-refractivity contribution in [2.45, 2.75) is 20.8 Å². The molecule has 0 radical (unpaired) electrons. The van der Waals surface area contributed by atoms with Gasteiger partial charge in [-0.25, -0.2) is 0 Å². The quantitative estimate of drug-likeness (QED) is 0.210.